The molecule has 1 aromatic heterocycles. The number of rotatable bonds is 3. The van der Waals surface area contributed by atoms with Gasteiger partial charge in [-0.1, -0.05) is 15.9 Å². The quantitative estimate of drug-likeness (QED) is 0.675. The molecule has 0 aliphatic carbocycles. The number of aromatic amines is 1. The number of H-pyrrole nitrogens is 1. The zero-order valence-corrected chi connectivity index (χ0v) is 11.4. The lowest BCUT2D eigenvalue weighted by Gasteiger charge is -2.27. The fourth-order valence-electron chi connectivity index (χ4n) is 2.14. The molecule has 7 nitrogen and oxygen atoms in total. The molecule has 0 amide bonds. The van der Waals surface area contributed by atoms with Crippen molar-refractivity contribution in [2.75, 3.05) is 6.61 Å². The van der Waals surface area contributed by atoms with Gasteiger partial charge >= 0.3 is 5.69 Å². The highest BCUT2D eigenvalue weighted by molar-refractivity contribution is 9.11. The molecule has 19 heavy (non-hydrogen) atoms. The summed E-state index contributed by atoms with van der Waals surface area (Å²) in [5, 5.41) is 19.0. The molecule has 1 saturated heterocycles. The van der Waals surface area contributed by atoms with E-state index in [0.29, 0.717) is 0 Å². The molecule has 1 aliphatic heterocycles. The summed E-state index contributed by atoms with van der Waals surface area (Å²) in [7, 11) is 0. The van der Waals surface area contributed by atoms with Crippen molar-refractivity contribution in [3.05, 3.63) is 44.2 Å². The molecule has 2 rings (SSSR count). The van der Waals surface area contributed by atoms with Crippen molar-refractivity contribution >= 4 is 15.9 Å². The zero-order chi connectivity index (χ0) is 14.0. The molecule has 8 heteroatoms. The SMILES string of the molecule is O=c1ccn([C@@]2(/C=C/Br)C[C@H](O)[C@@H](CO)O2)c(=O)[nH]1. The fraction of sp³-hybridized carbons (Fsp3) is 0.455. The number of halogens is 1. The number of aromatic nitrogens is 2. The van der Waals surface area contributed by atoms with E-state index in [1.165, 1.54) is 27.9 Å². The minimum Gasteiger partial charge on any atom is -0.394 e. The minimum atomic E-state index is -1.24. The second-order valence-electron chi connectivity index (χ2n) is 4.23. The van der Waals surface area contributed by atoms with Gasteiger partial charge < -0.3 is 14.9 Å². The fourth-order valence-corrected chi connectivity index (χ4v) is 2.55. The number of hydrogen-bond acceptors (Lipinski definition) is 5. The van der Waals surface area contributed by atoms with Gasteiger partial charge in [-0.05, 0) is 11.1 Å². The highest BCUT2D eigenvalue weighted by atomic mass is 79.9. The van der Waals surface area contributed by atoms with Gasteiger partial charge in [0, 0.05) is 18.7 Å². The van der Waals surface area contributed by atoms with Crippen LogP contribution in [-0.4, -0.2) is 38.6 Å². The predicted octanol–water partition coefficient (Wildman–Crippen LogP) is -0.760. The molecule has 3 N–H and O–H groups in total. The predicted molar refractivity (Wildman–Crippen MR) is 69.9 cm³/mol. The van der Waals surface area contributed by atoms with Gasteiger partial charge in [0.2, 0.25) is 0 Å². The van der Waals surface area contributed by atoms with Crippen LogP contribution in [-0.2, 0) is 10.5 Å². The largest absolute Gasteiger partial charge is 0.394 e. The van der Waals surface area contributed by atoms with E-state index in [4.69, 9.17) is 9.84 Å². The van der Waals surface area contributed by atoms with Gasteiger partial charge in [0.15, 0.2) is 5.72 Å². The van der Waals surface area contributed by atoms with Crippen LogP contribution < -0.4 is 11.2 Å². The molecule has 1 aliphatic rings. The van der Waals surface area contributed by atoms with Crippen molar-refractivity contribution in [2.45, 2.75) is 24.4 Å². The van der Waals surface area contributed by atoms with Crippen LogP contribution in [0.2, 0.25) is 0 Å². The van der Waals surface area contributed by atoms with Crippen LogP contribution in [0.3, 0.4) is 0 Å². The van der Waals surface area contributed by atoms with Gasteiger partial charge in [0.25, 0.3) is 5.56 Å². The lowest BCUT2D eigenvalue weighted by molar-refractivity contribution is -0.0892. The second kappa shape index (κ2) is 5.41. The molecule has 0 saturated carbocycles. The number of ether oxygens (including phenoxy) is 1. The van der Waals surface area contributed by atoms with E-state index in [1.807, 2.05) is 0 Å². The molecule has 0 spiro atoms. The summed E-state index contributed by atoms with van der Waals surface area (Å²) < 4.78 is 6.75. The molecular formula is C11H13BrN2O5. The average molecular weight is 333 g/mol. The maximum atomic E-state index is 11.8. The molecule has 1 aromatic rings. The Hall–Kier alpha value is -1.22. The summed E-state index contributed by atoms with van der Waals surface area (Å²) in [5.41, 5.74) is -2.40. The second-order valence-corrected chi connectivity index (χ2v) is 4.76. The van der Waals surface area contributed by atoms with E-state index in [1.54, 1.807) is 0 Å². The summed E-state index contributed by atoms with van der Waals surface area (Å²) in [6, 6.07) is 1.19. The summed E-state index contributed by atoms with van der Waals surface area (Å²) in [5.74, 6) is 0. The van der Waals surface area contributed by atoms with Crippen LogP contribution in [0.4, 0.5) is 0 Å². The molecule has 0 radical (unpaired) electrons. The van der Waals surface area contributed by atoms with Gasteiger partial charge in [0.05, 0.1) is 12.7 Å². The molecule has 0 aromatic carbocycles. The Labute approximate surface area is 116 Å². The number of aliphatic hydroxyl groups is 2. The summed E-state index contributed by atoms with van der Waals surface area (Å²) in [6.45, 7) is -0.364. The van der Waals surface area contributed by atoms with Crippen LogP contribution in [0, 0.1) is 0 Å². The topological polar surface area (TPSA) is 105 Å². The van der Waals surface area contributed by atoms with E-state index in [0.717, 1.165) is 0 Å². The monoisotopic (exact) mass is 332 g/mol. The number of nitrogens with one attached hydrogen (secondary N) is 1. The number of aliphatic hydroxyl groups excluding tert-OH is 2. The van der Waals surface area contributed by atoms with Gasteiger partial charge in [-0.25, -0.2) is 4.79 Å². The van der Waals surface area contributed by atoms with Gasteiger partial charge in [-0.2, -0.15) is 0 Å². The first-order chi connectivity index (χ1) is 9.02. The van der Waals surface area contributed by atoms with Crippen molar-refractivity contribution in [1.29, 1.82) is 0 Å². The van der Waals surface area contributed by atoms with Crippen LogP contribution in [0.1, 0.15) is 6.42 Å². The number of nitrogens with zero attached hydrogens (tertiary/aromatic N) is 1. The molecule has 0 unspecified atom stereocenters. The van der Waals surface area contributed by atoms with Crippen molar-refractivity contribution < 1.29 is 14.9 Å². The highest BCUT2D eigenvalue weighted by Crippen LogP contribution is 2.35. The summed E-state index contributed by atoms with van der Waals surface area (Å²) in [4.78, 5) is 26.5. The molecular weight excluding hydrogens is 320 g/mol. The zero-order valence-electron chi connectivity index (χ0n) is 9.82. The maximum Gasteiger partial charge on any atom is 0.330 e. The Bertz CT molecular complexity index is 595. The first-order valence-corrected chi connectivity index (χ1v) is 6.51. The third-order valence-electron chi connectivity index (χ3n) is 3.02. The van der Waals surface area contributed by atoms with Crippen LogP contribution in [0.5, 0.6) is 0 Å². The van der Waals surface area contributed by atoms with Gasteiger partial charge in [0.1, 0.15) is 6.10 Å². The Morgan fingerprint density at radius 1 is 1.63 bits per heavy atom. The first-order valence-electron chi connectivity index (χ1n) is 5.59. The smallest absolute Gasteiger partial charge is 0.330 e. The van der Waals surface area contributed by atoms with Crippen molar-refractivity contribution in [2.24, 2.45) is 0 Å². The number of hydrogen-bond donors (Lipinski definition) is 3. The summed E-state index contributed by atoms with van der Waals surface area (Å²) >= 11 is 3.10. The Balaban J connectivity index is 2.52. The van der Waals surface area contributed by atoms with Crippen molar-refractivity contribution in [3.8, 4) is 0 Å². The average Bonchev–Trinajstić information content (AvgIpc) is 2.66. The molecule has 1 fully saturated rings. The Morgan fingerprint density at radius 2 is 2.37 bits per heavy atom. The Kier molecular flexibility index (Phi) is 4.04. The van der Waals surface area contributed by atoms with Crippen LogP contribution >= 0.6 is 15.9 Å². The molecule has 0 bridgehead atoms. The summed E-state index contributed by atoms with van der Waals surface area (Å²) in [6.07, 6.45) is 1.22. The van der Waals surface area contributed by atoms with Crippen molar-refractivity contribution in [1.82, 2.24) is 9.55 Å². The standard InChI is InChI=1S/C11H13BrN2O5/c12-3-2-11(5-7(16)8(6-15)19-11)14-4-1-9(17)13-10(14)18/h1-4,7-8,15-16H,5-6H2,(H,13,17,18)/b3-2+/t7-,8+,11+/m0/s1. The Morgan fingerprint density at radius 3 is 2.89 bits per heavy atom. The lowest BCUT2D eigenvalue weighted by Crippen LogP contribution is -2.42. The van der Waals surface area contributed by atoms with E-state index in [2.05, 4.69) is 20.9 Å². The van der Waals surface area contributed by atoms with E-state index < -0.39 is 29.2 Å². The normalized spacial score (nSPS) is 31.1. The molecule has 104 valence electrons. The van der Waals surface area contributed by atoms with Gasteiger partial charge in [-0.3, -0.25) is 14.3 Å². The van der Waals surface area contributed by atoms with Crippen molar-refractivity contribution in [3.63, 3.8) is 0 Å². The molecule has 3 atom stereocenters. The van der Waals surface area contributed by atoms with Gasteiger partial charge in [-0.15, -0.1) is 0 Å². The maximum absolute atomic E-state index is 11.8. The van der Waals surface area contributed by atoms with Crippen LogP contribution in [0.25, 0.3) is 0 Å². The van der Waals surface area contributed by atoms with E-state index >= 15 is 0 Å². The van der Waals surface area contributed by atoms with Crippen LogP contribution in [0.15, 0.2) is 32.9 Å². The van der Waals surface area contributed by atoms with E-state index in [-0.39, 0.29) is 13.0 Å². The first kappa shape index (κ1) is 14.2. The van der Waals surface area contributed by atoms with E-state index in [9.17, 15) is 14.7 Å². The third-order valence-corrected chi connectivity index (χ3v) is 3.29. The minimum absolute atomic E-state index is 0.0896. The third kappa shape index (κ3) is 2.57. The lowest BCUT2D eigenvalue weighted by atomic mass is 10.1. The highest BCUT2D eigenvalue weighted by Gasteiger charge is 2.46. The molecule has 2 heterocycles.